The highest BCUT2D eigenvalue weighted by Crippen LogP contribution is 2.34. The summed E-state index contributed by atoms with van der Waals surface area (Å²) in [4.78, 5) is 33.5. The lowest BCUT2D eigenvalue weighted by atomic mass is 9.83. The summed E-state index contributed by atoms with van der Waals surface area (Å²) in [5.41, 5.74) is 2.57. The molecule has 5 rings (SSSR count). The molecule has 5 heteroatoms. The van der Waals surface area contributed by atoms with Crippen LogP contribution in [0.3, 0.4) is 0 Å². The fraction of sp³-hybridized carbons (Fsp3) is 0.517. The van der Waals surface area contributed by atoms with E-state index in [9.17, 15) is 9.59 Å². The monoisotopic (exact) mass is 459 g/mol. The van der Waals surface area contributed by atoms with Gasteiger partial charge in [0, 0.05) is 57.6 Å². The van der Waals surface area contributed by atoms with Gasteiger partial charge in [-0.15, -0.1) is 0 Å². The number of hydrogen-bond acceptors (Lipinski definition) is 3. The van der Waals surface area contributed by atoms with Gasteiger partial charge >= 0.3 is 0 Å². The largest absolute Gasteiger partial charge is 0.341 e. The zero-order valence-electron chi connectivity index (χ0n) is 20.1. The fourth-order valence-electron chi connectivity index (χ4n) is 6.08. The highest BCUT2D eigenvalue weighted by Gasteiger charge is 2.39. The van der Waals surface area contributed by atoms with Crippen LogP contribution in [0, 0.1) is 11.8 Å². The van der Waals surface area contributed by atoms with Crippen molar-refractivity contribution in [3.8, 4) is 0 Å². The number of likely N-dealkylation sites (tertiary alicyclic amines) is 1. The third-order valence-corrected chi connectivity index (χ3v) is 8.02. The molecule has 3 fully saturated rings. The normalized spacial score (nSPS) is 24.4. The van der Waals surface area contributed by atoms with Crippen LogP contribution in [0.1, 0.15) is 49.1 Å². The van der Waals surface area contributed by atoms with Crippen LogP contribution in [0.4, 0.5) is 0 Å². The van der Waals surface area contributed by atoms with E-state index in [1.54, 1.807) is 0 Å². The van der Waals surface area contributed by atoms with Crippen molar-refractivity contribution in [3.63, 3.8) is 0 Å². The third kappa shape index (κ3) is 5.35. The molecular weight excluding hydrogens is 422 g/mol. The minimum absolute atomic E-state index is 0.106. The van der Waals surface area contributed by atoms with Crippen molar-refractivity contribution < 1.29 is 9.59 Å². The Morgan fingerprint density at radius 1 is 0.706 bits per heavy atom. The Hall–Kier alpha value is -2.66. The van der Waals surface area contributed by atoms with E-state index >= 15 is 0 Å². The average molecular weight is 460 g/mol. The fourth-order valence-corrected chi connectivity index (χ4v) is 6.08. The number of carbonyl (C=O) groups excluding carboxylic acids is 2. The second-order valence-electron chi connectivity index (χ2n) is 10.4. The van der Waals surface area contributed by atoms with E-state index in [1.165, 1.54) is 11.1 Å². The van der Waals surface area contributed by atoms with Gasteiger partial charge in [0.15, 0.2) is 0 Å². The van der Waals surface area contributed by atoms with Crippen LogP contribution in [-0.4, -0.2) is 65.8 Å². The maximum atomic E-state index is 13.7. The molecule has 2 saturated heterocycles. The maximum absolute atomic E-state index is 13.7. The van der Waals surface area contributed by atoms with E-state index in [4.69, 9.17) is 0 Å². The quantitative estimate of drug-likeness (QED) is 0.675. The van der Waals surface area contributed by atoms with Crippen molar-refractivity contribution in [2.45, 2.75) is 44.6 Å². The Kier molecular flexibility index (Phi) is 7.29. The van der Waals surface area contributed by atoms with Crippen molar-refractivity contribution in [2.75, 3.05) is 39.3 Å². The highest BCUT2D eigenvalue weighted by molar-refractivity contribution is 5.83. The second-order valence-corrected chi connectivity index (χ2v) is 10.4. The van der Waals surface area contributed by atoms with Crippen LogP contribution in [0.25, 0.3) is 0 Å². The molecule has 0 bridgehead atoms. The number of piperazine rings is 1. The molecule has 0 radical (unpaired) electrons. The average Bonchev–Trinajstić information content (AvgIpc) is 3.44. The van der Waals surface area contributed by atoms with Gasteiger partial charge in [-0.1, -0.05) is 73.5 Å². The van der Waals surface area contributed by atoms with E-state index in [2.05, 4.69) is 58.3 Å². The van der Waals surface area contributed by atoms with Crippen molar-refractivity contribution >= 4 is 11.8 Å². The predicted octanol–water partition coefficient (Wildman–Crippen LogP) is 4.15. The number of nitrogens with zero attached hydrogens (tertiary/aromatic N) is 3. The first-order valence-electron chi connectivity index (χ1n) is 13.1. The molecule has 2 aliphatic heterocycles. The highest BCUT2D eigenvalue weighted by atomic mass is 16.2. The van der Waals surface area contributed by atoms with E-state index in [1.807, 2.05) is 17.0 Å². The Labute approximate surface area is 203 Å². The van der Waals surface area contributed by atoms with Crippen LogP contribution in [0.5, 0.6) is 0 Å². The summed E-state index contributed by atoms with van der Waals surface area (Å²) in [6.45, 7) is 5.62. The van der Waals surface area contributed by atoms with Gasteiger partial charge in [-0.2, -0.15) is 0 Å². The van der Waals surface area contributed by atoms with Crippen molar-refractivity contribution in [1.82, 2.24) is 14.7 Å². The van der Waals surface area contributed by atoms with Crippen LogP contribution in [0.15, 0.2) is 60.7 Å². The van der Waals surface area contributed by atoms with E-state index in [-0.39, 0.29) is 29.6 Å². The minimum Gasteiger partial charge on any atom is -0.341 e. The minimum atomic E-state index is -0.106. The summed E-state index contributed by atoms with van der Waals surface area (Å²) in [6, 6.07) is 21.0. The predicted molar refractivity (Wildman–Crippen MR) is 134 cm³/mol. The molecule has 2 unspecified atom stereocenters. The van der Waals surface area contributed by atoms with Gasteiger partial charge in [0.1, 0.15) is 0 Å². The zero-order valence-corrected chi connectivity index (χ0v) is 20.1. The molecule has 2 aromatic carbocycles. The molecule has 0 spiro atoms. The van der Waals surface area contributed by atoms with E-state index in [0.717, 1.165) is 71.4 Å². The number of carbonyl (C=O) groups is 2. The van der Waals surface area contributed by atoms with Crippen LogP contribution in [-0.2, 0) is 16.1 Å². The number of amides is 2. The van der Waals surface area contributed by atoms with Gasteiger partial charge in [-0.05, 0) is 30.4 Å². The van der Waals surface area contributed by atoms with Crippen LogP contribution < -0.4 is 0 Å². The maximum Gasteiger partial charge on any atom is 0.227 e. The molecule has 2 aromatic rings. The van der Waals surface area contributed by atoms with Crippen molar-refractivity contribution in [2.24, 2.45) is 11.8 Å². The molecule has 2 atom stereocenters. The van der Waals surface area contributed by atoms with Gasteiger partial charge in [0.25, 0.3) is 0 Å². The van der Waals surface area contributed by atoms with Gasteiger partial charge < -0.3 is 9.80 Å². The Bertz CT molecular complexity index is 950. The topological polar surface area (TPSA) is 43.9 Å². The first-order valence-corrected chi connectivity index (χ1v) is 13.1. The van der Waals surface area contributed by atoms with Crippen LogP contribution in [0.2, 0.25) is 0 Å². The second kappa shape index (κ2) is 10.7. The summed E-state index contributed by atoms with van der Waals surface area (Å²) in [5, 5.41) is 0. The molecule has 3 aliphatic rings. The molecule has 0 N–H and O–H groups in total. The number of benzene rings is 2. The van der Waals surface area contributed by atoms with Gasteiger partial charge in [0.2, 0.25) is 11.8 Å². The lowest BCUT2D eigenvalue weighted by Gasteiger charge is -2.42. The van der Waals surface area contributed by atoms with Crippen molar-refractivity contribution in [3.05, 3.63) is 71.8 Å². The number of hydrogen-bond donors (Lipinski definition) is 0. The van der Waals surface area contributed by atoms with Gasteiger partial charge in [-0.3, -0.25) is 14.5 Å². The molecular formula is C29H37N3O2. The Balaban J connectivity index is 1.24. The summed E-state index contributed by atoms with van der Waals surface area (Å²) < 4.78 is 0. The van der Waals surface area contributed by atoms with Crippen molar-refractivity contribution in [1.29, 1.82) is 0 Å². The number of piperidine rings is 1. The molecule has 1 saturated carbocycles. The molecule has 34 heavy (non-hydrogen) atoms. The summed E-state index contributed by atoms with van der Waals surface area (Å²) in [5.74, 6) is 0.804. The molecule has 1 aliphatic carbocycles. The van der Waals surface area contributed by atoms with Crippen LogP contribution >= 0.6 is 0 Å². The standard InChI is InChI=1S/C29H37N3O2/c33-28(25-13-7-8-14-25)32-21-26(24-11-5-2-6-12-24)19-27(22-32)29(34)31-17-15-30(16-18-31)20-23-9-3-1-4-10-23/h1-6,9-12,25-27H,7-8,13-22H2. The summed E-state index contributed by atoms with van der Waals surface area (Å²) in [7, 11) is 0. The van der Waals surface area contributed by atoms with Gasteiger partial charge in [-0.25, -0.2) is 0 Å². The molecule has 2 amide bonds. The third-order valence-electron chi connectivity index (χ3n) is 8.02. The van der Waals surface area contributed by atoms with E-state index in [0.29, 0.717) is 6.54 Å². The summed E-state index contributed by atoms with van der Waals surface area (Å²) in [6.07, 6.45) is 5.16. The first-order chi connectivity index (χ1) is 16.7. The Morgan fingerprint density at radius 3 is 2.00 bits per heavy atom. The molecule has 180 valence electrons. The first kappa shape index (κ1) is 23.1. The molecule has 2 heterocycles. The zero-order chi connectivity index (χ0) is 23.3. The SMILES string of the molecule is O=C(C1CC(c2ccccc2)CN(C(=O)C2CCCC2)C1)N1CCN(Cc2ccccc2)CC1. The Morgan fingerprint density at radius 2 is 1.32 bits per heavy atom. The lowest BCUT2D eigenvalue weighted by molar-refractivity contribution is -0.144. The molecule has 0 aromatic heterocycles. The number of rotatable bonds is 5. The van der Waals surface area contributed by atoms with Gasteiger partial charge in [0.05, 0.1) is 5.92 Å². The summed E-state index contributed by atoms with van der Waals surface area (Å²) >= 11 is 0. The molecule has 5 nitrogen and oxygen atoms in total. The lowest BCUT2D eigenvalue weighted by Crippen LogP contribution is -2.54. The smallest absolute Gasteiger partial charge is 0.227 e. The van der Waals surface area contributed by atoms with E-state index < -0.39 is 0 Å².